The first-order valence-electron chi connectivity index (χ1n) is 36.6. The molecule has 1 aliphatic rings. The summed E-state index contributed by atoms with van der Waals surface area (Å²) in [6.07, 6.45) is -0.253. The number of aliphatic carboxylic acids is 1. The summed E-state index contributed by atoms with van der Waals surface area (Å²) in [6.45, 7) is 44.9. The van der Waals surface area contributed by atoms with E-state index in [1.807, 2.05) is 109 Å². The smallest absolute Gasteiger partial charge is 0.314 e. The first-order valence-corrected chi connectivity index (χ1v) is 36.6. The van der Waals surface area contributed by atoms with Crippen molar-refractivity contribution >= 4 is 115 Å². The Morgan fingerprint density at radius 2 is 0.672 bits per heavy atom. The predicted molar refractivity (Wildman–Crippen MR) is 438 cm³/mol. The van der Waals surface area contributed by atoms with E-state index in [9.17, 15) is 39.0 Å². The molecule has 1 aliphatic heterocycles. The van der Waals surface area contributed by atoms with Crippen molar-refractivity contribution in [2.75, 3.05) is 57.5 Å². The average molecular weight is 1630 g/mol. The fourth-order valence-electron chi connectivity index (χ4n) is 11.0. The Kier molecular flexibility index (Phi) is 35.4. The van der Waals surface area contributed by atoms with Crippen molar-refractivity contribution in [2.24, 2.45) is 0 Å². The predicted octanol–water partition coefficient (Wildman–Crippen LogP) is 12.7. The van der Waals surface area contributed by atoms with Gasteiger partial charge in [0.05, 0.1) is 70.0 Å². The van der Waals surface area contributed by atoms with Gasteiger partial charge in [-0.2, -0.15) is 0 Å². The standard InChI is InChI=1S/2C24H24N4O5.C14H14O3.C10H12N4O3.C8H10N4O2.C4H8O/c2*1-13(16-6-7-18-11-19(31-5)9-8-17(18)10-16)24(30)33-21(14(2)32-15(3)29)20-12-27-22(25)23(26-4)28-20;1-9(14(15)16)10-3-4-12-8-13(17-2)6-5-11(12)7-10;1-5(17-6(2)15)8(16)7-4-13-9(11)10(12-3)14-7;1-4(13)6(14)5-3-11-7(9)8(10-2)12-5;1-2-4-5-3-1/h2*6-14,21H,1-3,5H3,(H2,25,27);3-9H,1-2H3,(H,15,16);4-5,8,16H,1-2H3,(H2,11,13);3-4,6,13-14H,1H3,(H2,9,11);1-4H2/t13-,14-,21+;13-,14-,21-;9-;5-,8+;4-,6+;/m00000./s1. The zero-order valence-corrected chi connectivity index (χ0v) is 67.5. The van der Waals surface area contributed by atoms with E-state index in [2.05, 4.69) is 59.3 Å². The number of methoxy groups -OCH3 is 3. The fraction of sp³-hybridized carbons (Fsp3) is 0.333. The average Bonchev–Trinajstić information content (AvgIpc) is 1.20. The second kappa shape index (κ2) is 45.1. The van der Waals surface area contributed by atoms with Crippen molar-refractivity contribution in [3.63, 3.8) is 0 Å². The van der Waals surface area contributed by atoms with Crippen LogP contribution < -0.4 is 37.1 Å². The normalized spacial score (nSPS) is 13.8. The third-order valence-corrected chi connectivity index (χ3v) is 17.7. The lowest BCUT2D eigenvalue weighted by molar-refractivity contribution is -0.167. The number of rotatable bonds is 22. The molecule has 5 heterocycles. The van der Waals surface area contributed by atoms with Crippen molar-refractivity contribution in [1.29, 1.82) is 0 Å². The Labute approximate surface area is 685 Å². The highest BCUT2D eigenvalue weighted by atomic mass is 16.6. The molecule has 10 aromatic rings. The van der Waals surface area contributed by atoms with E-state index in [4.69, 9.17) is 102 Å². The molecule has 1 fully saturated rings. The maximum absolute atomic E-state index is 13.1. The summed E-state index contributed by atoms with van der Waals surface area (Å²) in [7, 11) is 4.84. The number of aromatic nitrogens is 8. The summed E-state index contributed by atoms with van der Waals surface area (Å²) in [5.74, 6) is -3.41. The van der Waals surface area contributed by atoms with Gasteiger partial charge in [-0.3, -0.25) is 28.8 Å². The highest BCUT2D eigenvalue weighted by Crippen LogP contribution is 2.35. The molecule has 0 unspecified atom stereocenters. The molecule has 0 bridgehead atoms. The van der Waals surface area contributed by atoms with Crippen LogP contribution in [-0.2, 0) is 57.2 Å². The summed E-state index contributed by atoms with van der Waals surface area (Å²) in [4.78, 5) is 115. The highest BCUT2D eigenvalue weighted by Gasteiger charge is 2.35. The number of carboxylic acids is 1. The number of anilines is 4. The van der Waals surface area contributed by atoms with E-state index >= 15 is 0 Å². The summed E-state index contributed by atoms with van der Waals surface area (Å²) in [5.41, 5.74) is 25.0. The zero-order valence-electron chi connectivity index (χ0n) is 67.5. The van der Waals surface area contributed by atoms with Crippen LogP contribution in [-0.4, -0.2) is 155 Å². The minimum absolute atomic E-state index is 0.00362. The lowest BCUT2D eigenvalue weighted by Gasteiger charge is -2.23. The van der Waals surface area contributed by atoms with E-state index in [0.717, 1.165) is 79.5 Å². The van der Waals surface area contributed by atoms with Crippen LogP contribution in [0.3, 0.4) is 0 Å². The molecule has 1 saturated heterocycles. The number of aliphatic hydroxyl groups excluding tert-OH is 3. The van der Waals surface area contributed by atoms with Crippen LogP contribution in [0.2, 0.25) is 0 Å². The van der Waals surface area contributed by atoms with Crippen LogP contribution in [0.25, 0.3) is 51.7 Å². The molecule has 35 heteroatoms. The molecule has 0 saturated carbocycles. The Balaban J connectivity index is 0.000000236. The molecular formula is C84H92N16O19. The molecule has 6 aromatic carbocycles. The number of ether oxygens (including phenoxy) is 9. The van der Waals surface area contributed by atoms with Crippen LogP contribution in [0, 0.1) is 26.3 Å². The van der Waals surface area contributed by atoms with E-state index in [1.54, 1.807) is 55.9 Å². The first kappa shape index (κ1) is 93.5. The number of aliphatic hydroxyl groups is 3. The number of nitrogens with zero attached hydrogens (tertiary/aromatic N) is 12. The molecule has 0 radical (unpaired) electrons. The lowest BCUT2D eigenvalue weighted by Crippen LogP contribution is -2.28. The number of esters is 5. The third kappa shape index (κ3) is 27.1. The first-order chi connectivity index (χ1) is 56.6. The number of nitrogen functional groups attached to an aromatic ring is 4. The number of carbonyl (C=O) groups excluding carboxylic acids is 5. The van der Waals surface area contributed by atoms with Crippen LogP contribution in [0.15, 0.2) is 134 Å². The van der Waals surface area contributed by atoms with Gasteiger partial charge in [-0.05, 0) is 147 Å². The molecule has 0 aliphatic carbocycles. The summed E-state index contributed by atoms with van der Waals surface area (Å²) < 4.78 is 47.3. The van der Waals surface area contributed by atoms with Crippen LogP contribution in [0.1, 0.15) is 164 Å². The maximum Gasteiger partial charge on any atom is 0.314 e. The SMILES string of the molecule is C1CCOC1.COc1ccc2cc([C@H](C)C(=O)O)ccc2c1.[C-]#[N+]c1nc([C@@H](OC(=O)[C@@H](C)c2ccc3cc(OC)ccc3c2)[C@H](C)OC(C)=O)cnc1N.[C-]#[N+]c1nc([C@H](O)[C@H](C)O)cnc1N.[C-]#[N+]c1nc([C@H](O)[C@H](C)OC(C)=O)cnc1N.[C-]#[N+]c1nc([C@H](OC(=O)[C@@H](C)c2ccc3cc(OC)ccc3c2)[C@H](C)OC(C)=O)cnc1N. The van der Waals surface area contributed by atoms with Crippen molar-refractivity contribution in [3.05, 3.63) is 219 Å². The van der Waals surface area contributed by atoms with Gasteiger partial charge in [0.25, 0.3) is 0 Å². The van der Waals surface area contributed by atoms with Gasteiger partial charge in [0, 0.05) is 34.0 Å². The summed E-state index contributed by atoms with van der Waals surface area (Å²) in [6, 6.07) is 34.1. The number of carbonyl (C=O) groups is 6. The van der Waals surface area contributed by atoms with Gasteiger partial charge >= 0.3 is 59.1 Å². The molecule has 4 aromatic heterocycles. The van der Waals surface area contributed by atoms with Crippen molar-refractivity contribution in [3.8, 4) is 17.2 Å². The number of hydrogen-bond acceptors (Lipinski definition) is 30. The molecule has 11 rings (SSSR count). The number of nitrogens with two attached hydrogens (primary N) is 4. The van der Waals surface area contributed by atoms with Crippen LogP contribution in [0.4, 0.5) is 46.5 Å². The molecule has 0 amide bonds. The van der Waals surface area contributed by atoms with Gasteiger partial charge in [0.2, 0.25) is 12.2 Å². The molecule has 11 atom stereocenters. The molecule has 622 valence electrons. The molecule has 0 spiro atoms. The van der Waals surface area contributed by atoms with Crippen LogP contribution >= 0.6 is 0 Å². The van der Waals surface area contributed by atoms with Gasteiger partial charge < -0.3 is 105 Å². The molecule has 12 N–H and O–H groups in total. The number of hydrogen-bond donors (Lipinski definition) is 8. The minimum Gasteiger partial charge on any atom is -0.497 e. The van der Waals surface area contributed by atoms with Gasteiger partial charge in [-0.1, -0.05) is 99.1 Å². The van der Waals surface area contributed by atoms with Gasteiger partial charge in [0.15, 0.2) is 28.9 Å². The van der Waals surface area contributed by atoms with E-state index in [-0.39, 0.29) is 69.3 Å². The van der Waals surface area contributed by atoms with Crippen LogP contribution in [0.5, 0.6) is 17.2 Å². The number of benzene rings is 6. The second-order valence-corrected chi connectivity index (χ2v) is 26.5. The van der Waals surface area contributed by atoms with Crippen molar-refractivity contribution < 1.29 is 91.8 Å². The Morgan fingerprint density at radius 3 is 0.950 bits per heavy atom. The maximum atomic E-state index is 13.1. The van der Waals surface area contributed by atoms with E-state index in [0.29, 0.717) is 0 Å². The Bertz CT molecular complexity index is 5210. The summed E-state index contributed by atoms with van der Waals surface area (Å²) in [5, 5.41) is 43.2. The Morgan fingerprint density at radius 1 is 0.395 bits per heavy atom. The minimum atomic E-state index is -1.15. The monoisotopic (exact) mass is 1630 g/mol. The third-order valence-electron chi connectivity index (χ3n) is 17.7. The lowest BCUT2D eigenvalue weighted by atomic mass is 9.97. The second-order valence-electron chi connectivity index (χ2n) is 26.5. The van der Waals surface area contributed by atoms with E-state index < -0.39 is 102 Å². The van der Waals surface area contributed by atoms with Gasteiger partial charge in [-0.25, -0.2) is 19.9 Å². The van der Waals surface area contributed by atoms with Gasteiger partial charge in [0.1, 0.15) is 64.9 Å². The topological polar surface area (TPSA) is 491 Å². The fourth-order valence-corrected chi connectivity index (χ4v) is 11.0. The number of fused-ring (bicyclic) bond motifs is 3. The van der Waals surface area contributed by atoms with E-state index in [1.165, 1.54) is 72.2 Å². The highest BCUT2D eigenvalue weighted by molar-refractivity contribution is 5.89. The van der Waals surface area contributed by atoms with Crippen molar-refractivity contribution in [2.45, 2.75) is 149 Å². The quantitative estimate of drug-likeness (QED) is 0.0177. The van der Waals surface area contributed by atoms with Crippen molar-refractivity contribution in [1.82, 2.24) is 39.9 Å². The molecular weight excluding hydrogens is 1540 g/mol. The molecule has 119 heavy (non-hydrogen) atoms. The summed E-state index contributed by atoms with van der Waals surface area (Å²) >= 11 is 0. The number of carboxylic acid groups (broad SMARTS) is 1. The largest absolute Gasteiger partial charge is 0.497 e. The van der Waals surface area contributed by atoms with Gasteiger partial charge in [-0.15, -0.1) is 19.9 Å². The zero-order chi connectivity index (χ0) is 87.9. The molecule has 35 nitrogen and oxygen atoms in total. The Hall–Kier alpha value is -14.4.